The predicted octanol–water partition coefficient (Wildman–Crippen LogP) is 2.28. The number of aryl methyl sites for hydroxylation is 1. The molecule has 0 radical (unpaired) electrons. The number of nitrogens with two attached hydrogens (primary N) is 1. The SMILES string of the molecule is CCCCOc1nc(N)c2nc(Cl)n(CCCOC3CCN(CC(=O)OC)CC3)c2n1. The third kappa shape index (κ3) is 6.41. The van der Waals surface area contributed by atoms with Gasteiger partial charge in [0.15, 0.2) is 17.0 Å². The Bertz CT molecular complexity index is 869. The number of hydrogen-bond acceptors (Lipinski definition) is 9. The van der Waals surface area contributed by atoms with Crippen LogP contribution in [0, 0.1) is 0 Å². The van der Waals surface area contributed by atoms with Crippen LogP contribution in [0.1, 0.15) is 39.0 Å². The van der Waals surface area contributed by atoms with Crippen LogP contribution in [0.25, 0.3) is 11.2 Å². The molecule has 0 saturated carbocycles. The number of aromatic nitrogens is 4. The summed E-state index contributed by atoms with van der Waals surface area (Å²) in [4.78, 5) is 26.4. The van der Waals surface area contributed by atoms with Crippen LogP contribution in [0.2, 0.25) is 5.28 Å². The Labute approximate surface area is 187 Å². The number of likely N-dealkylation sites (tertiary alicyclic amines) is 1. The predicted molar refractivity (Wildman–Crippen MR) is 117 cm³/mol. The number of rotatable bonds is 11. The first-order valence-corrected chi connectivity index (χ1v) is 11.1. The summed E-state index contributed by atoms with van der Waals surface area (Å²) in [5, 5.41) is 0.317. The van der Waals surface area contributed by atoms with Gasteiger partial charge in [-0.3, -0.25) is 14.3 Å². The molecule has 10 nitrogen and oxygen atoms in total. The number of nitrogen functional groups attached to an aromatic ring is 1. The number of carbonyl (C=O) groups is 1. The van der Waals surface area contributed by atoms with Crippen LogP contribution in [0.4, 0.5) is 5.82 Å². The van der Waals surface area contributed by atoms with Crippen molar-refractivity contribution in [1.82, 2.24) is 24.4 Å². The summed E-state index contributed by atoms with van der Waals surface area (Å²) in [5.74, 6) is 0.0549. The molecule has 31 heavy (non-hydrogen) atoms. The highest BCUT2D eigenvalue weighted by Gasteiger charge is 2.21. The highest BCUT2D eigenvalue weighted by atomic mass is 35.5. The number of halogens is 1. The van der Waals surface area contributed by atoms with E-state index in [9.17, 15) is 4.79 Å². The monoisotopic (exact) mass is 454 g/mol. The number of hydrogen-bond donors (Lipinski definition) is 1. The van der Waals surface area contributed by atoms with Crippen LogP contribution in [0.15, 0.2) is 0 Å². The lowest BCUT2D eigenvalue weighted by molar-refractivity contribution is -0.142. The van der Waals surface area contributed by atoms with Crippen molar-refractivity contribution in [3.63, 3.8) is 0 Å². The number of piperidine rings is 1. The van der Waals surface area contributed by atoms with Crippen molar-refractivity contribution in [2.75, 3.05) is 45.7 Å². The average molecular weight is 455 g/mol. The van der Waals surface area contributed by atoms with E-state index in [1.54, 1.807) is 0 Å². The normalized spacial score (nSPS) is 15.5. The largest absolute Gasteiger partial charge is 0.468 e. The van der Waals surface area contributed by atoms with Crippen molar-refractivity contribution in [3.8, 4) is 6.01 Å². The third-order valence-corrected chi connectivity index (χ3v) is 5.57. The van der Waals surface area contributed by atoms with E-state index < -0.39 is 0 Å². The van der Waals surface area contributed by atoms with E-state index in [0.717, 1.165) is 45.2 Å². The fourth-order valence-corrected chi connectivity index (χ4v) is 3.75. The number of fused-ring (bicyclic) bond motifs is 1. The number of carbonyl (C=O) groups excluding carboxylic acids is 1. The van der Waals surface area contributed by atoms with Crippen molar-refractivity contribution >= 4 is 34.6 Å². The Hall–Kier alpha value is -2.17. The number of esters is 1. The van der Waals surface area contributed by atoms with Crippen molar-refractivity contribution in [3.05, 3.63) is 5.28 Å². The molecule has 172 valence electrons. The lowest BCUT2D eigenvalue weighted by Crippen LogP contribution is -2.40. The number of imidazole rings is 1. The molecule has 1 aliphatic rings. The van der Waals surface area contributed by atoms with E-state index in [1.807, 2.05) is 4.57 Å². The number of unbranched alkanes of at least 4 members (excludes halogenated alkanes) is 1. The first kappa shape index (κ1) is 23.5. The molecule has 1 saturated heterocycles. The minimum Gasteiger partial charge on any atom is -0.468 e. The fourth-order valence-electron chi connectivity index (χ4n) is 3.50. The first-order chi connectivity index (χ1) is 15.0. The highest BCUT2D eigenvalue weighted by molar-refractivity contribution is 6.29. The second kappa shape index (κ2) is 11.4. The molecule has 0 bridgehead atoms. The molecule has 1 aliphatic heterocycles. The van der Waals surface area contributed by atoms with Gasteiger partial charge in [-0.2, -0.15) is 9.97 Å². The first-order valence-electron chi connectivity index (χ1n) is 10.7. The maximum absolute atomic E-state index is 11.4. The maximum atomic E-state index is 11.4. The molecule has 0 aromatic carbocycles. The summed E-state index contributed by atoms with van der Waals surface area (Å²) in [5.41, 5.74) is 7.07. The summed E-state index contributed by atoms with van der Waals surface area (Å²) in [7, 11) is 1.41. The van der Waals surface area contributed by atoms with Crippen molar-refractivity contribution in [2.45, 2.75) is 51.7 Å². The molecule has 2 aromatic heterocycles. The molecule has 3 heterocycles. The quantitative estimate of drug-likeness (QED) is 0.310. The highest BCUT2D eigenvalue weighted by Crippen LogP contribution is 2.24. The van der Waals surface area contributed by atoms with Crippen LogP contribution in [-0.2, 0) is 20.8 Å². The van der Waals surface area contributed by atoms with E-state index in [-0.39, 0.29) is 23.9 Å². The second-order valence-corrected chi connectivity index (χ2v) is 7.91. The van der Waals surface area contributed by atoms with Crippen LogP contribution < -0.4 is 10.5 Å². The third-order valence-electron chi connectivity index (χ3n) is 5.28. The van der Waals surface area contributed by atoms with Crippen LogP contribution in [0.5, 0.6) is 6.01 Å². The summed E-state index contributed by atoms with van der Waals surface area (Å²) < 4.78 is 18.2. The van der Waals surface area contributed by atoms with E-state index in [0.29, 0.717) is 42.8 Å². The van der Waals surface area contributed by atoms with Crippen molar-refractivity contribution in [1.29, 1.82) is 0 Å². The Kier molecular flexibility index (Phi) is 8.68. The lowest BCUT2D eigenvalue weighted by Gasteiger charge is -2.31. The Morgan fingerprint density at radius 1 is 1.19 bits per heavy atom. The minimum atomic E-state index is -0.202. The Balaban J connectivity index is 1.49. The van der Waals surface area contributed by atoms with Gasteiger partial charge in [0.05, 0.1) is 26.4 Å². The molecule has 1 fully saturated rings. The number of methoxy groups -OCH3 is 1. The van der Waals surface area contributed by atoms with Gasteiger partial charge in [0, 0.05) is 26.2 Å². The molecule has 0 unspecified atom stereocenters. The molecule has 2 aromatic rings. The maximum Gasteiger partial charge on any atom is 0.320 e. The van der Waals surface area contributed by atoms with Gasteiger partial charge in [0.1, 0.15) is 0 Å². The van der Waals surface area contributed by atoms with E-state index in [1.165, 1.54) is 7.11 Å². The average Bonchev–Trinajstić information content (AvgIpc) is 3.08. The minimum absolute atomic E-state index is 0.195. The van der Waals surface area contributed by atoms with E-state index in [4.69, 9.17) is 31.5 Å². The fraction of sp³-hybridized carbons (Fsp3) is 0.700. The summed E-state index contributed by atoms with van der Waals surface area (Å²) in [6.45, 7) is 5.81. The van der Waals surface area contributed by atoms with Gasteiger partial charge in [0.25, 0.3) is 0 Å². The van der Waals surface area contributed by atoms with Crippen LogP contribution in [-0.4, -0.2) is 76.5 Å². The zero-order chi connectivity index (χ0) is 22.2. The molecular formula is C20H31ClN6O4. The smallest absolute Gasteiger partial charge is 0.320 e. The molecule has 3 rings (SSSR count). The number of ether oxygens (including phenoxy) is 3. The molecule has 0 spiro atoms. The van der Waals surface area contributed by atoms with Gasteiger partial charge >= 0.3 is 12.0 Å². The van der Waals surface area contributed by atoms with Gasteiger partial charge in [0.2, 0.25) is 5.28 Å². The van der Waals surface area contributed by atoms with Crippen molar-refractivity contribution in [2.24, 2.45) is 0 Å². The van der Waals surface area contributed by atoms with Gasteiger partial charge in [-0.15, -0.1) is 0 Å². The second-order valence-electron chi connectivity index (χ2n) is 7.57. The van der Waals surface area contributed by atoms with Gasteiger partial charge in [-0.1, -0.05) is 13.3 Å². The van der Waals surface area contributed by atoms with Gasteiger partial charge in [-0.25, -0.2) is 4.98 Å². The Morgan fingerprint density at radius 2 is 1.97 bits per heavy atom. The number of anilines is 1. The van der Waals surface area contributed by atoms with Crippen molar-refractivity contribution < 1.29 is 19.0 Å². The van der Waals surface area contributed by atoms with Gasteiger partial charge < -0.3 is 19.9 Å². The van der Waals surface area contributed by atoms with Gasteiger partial charge in [-0.05, 0) is 37.3 Å². The van der Waals surface area contributed by atoms with E-state index in [2.05, 4.69) is 26.8 Å². The molecule has 0 atom stereocenters. The molecule has 0 amide bonds. The summed E-state index contributed by atoms with van der Waals surface area (Å²) in [6.07, 6.45) is 4.68. The molecule has 2 N–H and O–H groups in total. The lowest BCUT2D eigenvalue weighted by atomic mass is 10.1. The summed E-state index contributed by atoms with van der Waals surface area (Å²) >= 11 is 6.32. The standard InChI is InChI=1S/C20H31ClN6O4/c1-3-4-11-31-20-24-17(22)16-18(25-20)27(19(21)23-16)8-5-12-30-14-6-9-26(10-7-14)13-15(28)29-2/h14H,3-13H2,1-2H3,(H2,22,24,25). The molecule has 11 heteroatoms. The molecule has 0 aliphatic carbocycles. The zero-order valence-electron chi connectivity index (χ0n) is 18.2. The Morgan fingerprint density at radius 3 is 2.68 bits per heavy atom. The zero-order valence-corrected chi connectivity index (χ0v) is 18.9. The van der Waals surface area contributed by atoms with Crippen LogP contribution in [0.3, 0.4) is 0 Å². The molecular weight excluding hydrogens is 424 g/mol. The summed E-state index contributed by atoms with van der Waals surface area (Å²) in [6, 6.07) is 0.242. The number of nitrogens with zero attached hydrogens (tertiary/aromatic N) is 5. The van der Waals surface area contributed by atoms with Crippen LogP contribution >= 0.6 is 11.6 Å². The topological polar surface area (TPSA) is 118 Å². The van der Waals surface area contributed by atoms with E-state index >= 15 is 0 Å².